The van der Waals surface area contributed by atoms with Crippen LogP contribution >= 0.6 is 39.1 Å². The van der Waals surface area contributed by atoms with Crippen molar-refractivity contribution in [3.05, 3.63) is 91.4 Å². The maximum Gasteiger partial charge on any atom is 0.416 e. The van der Waals surface area contributed by atoms with Crippen molar-refractivity contribution in [1.82, 2.24) is 0 Å². The molecule has 0 spiro atoms. The van der Waals surface area contributed by atoms with E-state index in [4.69, 9.17) is 33.0 Å². The van der Waals surface area contributed by atoms with Gasteiger partial charge in [0.05, 0.1) is 21.8 Å². The van der Waals surface area contributed by atoms with Crippen molar-refractivity contribution >= 4 is 62.5 Å². The minimum atomic E-state index is -4.67. The zero-order valence-corrected chi connectivity index (χ0v) is 23.8. The van der Waals surface area contributed by atoms with Gasteiger partial charge >= 0.3 is 12.1 Å². The first-order valence-corrected chi connectivity index (χ1v) is 12.8. The summed E-state index contributed by atoms with van der Waals surface area (Å²) in [6, 6.07) is 11.2. The van der Waals surface area contributed by atoms with Crippen LogP contribution in [0.2, 0.25) is 10.0 Å². The monoisotopic (exact) mass is 655 g/mol. The molecule has 1 amide bonds. The number of alkyl halides is 3. The van der Waals surface area contributed by atoms with E-state index in [0.717, 1.165) is 6.07 Å². The number of aliphatic carboxylic acids is 1. The van der Waals surface area contributed by atoms with Crippen LogP contribution in [0.1, 0.15) is 40.9 Å². The van der Waals surface area contributed by atoms with Gasteiger partial charge in [0, 0.05) is 20.6 Å². The first-order valence-electron chi connectivity index (χ1n) is 11.3. The number of carboxylic acids is 1. The summed E-state index contributed by atoms with van der Waals surface area (Å²) in [4.78, 5) is 36.9. The second-order valence-corrected chi connectivity index (χ2v) is 10.7. The van der Waals surface area contributed by atoms with E-state index in [2.05, 4.69) is 33.1 Å². The normalized spacial score (nSPS) is 11.3. The van der Waals surface area contributed by atoms with Gasteiger partial charge in [0.25, 0.3) is 5.91 Å². The molecule has 0 radical (unpaired) electrons. The number of hydrogen-bond donors (Lipinski definition) is 2. The Morgan fingerprint density at radius 3 is 2.35 bits per heavy atom. The van der Waals surface area contributed by atoms with Gasteiger partial charge in [-0.05, 0) is 68.4 Å². The molecule has 0 aliphatic carbocycles. The smallest absolute Gasteiger partial charge is 0.416 e. The summed E-state index contributed by atoms with van der Waals surface area (Å²) in [5.74, 6) is 2.76. The number of amides is 1. The fraction of sp³-hybridized carbons (Fsp3) is 0.179. The Morgan fingerprint density at radius 2 is 1.73 bits per heavy atom. The second-order valence-electron chi connectivity index (χ2n) is 8.91. The standard InChI is InChI=1S/C28H19BrCl2F3NO5/c1-27(2,26(38)39)8-7-15-3-5-22(21(31)9-15)35-24(36)14-40-23-6-4-19(30)13-20(23)25(37)16-10-17(28(32,33)34)12-18(29)11-16/h3-6,9-13H,14H2,1-2H3,(H,35,36)(H,38,39). The number of carbonyl (C=O) groups is 3. The molecular weight excluding hydrogens is 638 g/mol. The number of anilines is 1. The van der Waals surface area contributed by atoms with Crippen molar-refractivity contribution in [3.63, 3.8) is 0 Å². The molecule has 12 heteroatoms. The molecule has 6 nitrogen and oxygen atoms in total. The average Bonchev–Trinajstić information content (AvgIpc) is 2.86. The second kappa shape index (κ2) is 12.3. The Kier molecular flexibility index (Phi) is 9.56. The number of benzene rings is 3. The minimum absolute atomic E-state index is 0.0500. The quantitative estimate of drug-likeness (QED) is 0.203. The molecule has 40 heavy (non-hydrogen) atoms. The molecule has 208 valence electrons. The summed E-state index contributed by atoms with van der Waals surface area (Å²) < 4.78 is 45.3. The van der Waals surface area contributed by atoms with Gasteiger partial charge in [0.2, 0.25) is 0 Å². The molecule has 0 heterocycles. The fourth-order valence-electron chi connectivity index (χ4n) is 3.15. The van der Waals surface area contributed by atoms with Crippen molar-refractivity contribution in [2.45, 2.75) is 20.0 Å². The lowest BCUT2D eigenvalue weighted by molar-refractivity contribution is -0.143. The van der Waals surface area contributed by atoms with E-state index in [1.54, 1.807) is 0 Å². The van der Waals surface area contributed by atoms with Crippen LogP contribution in [0.25, 0.3) is 0 Å². The van der Waals surface area contributed by atoms with E-state index in [9.17, 15) is 27.6 Å². The molecule has 0 unspecified atom stereocenters. The van der Waals surface area contributed by atoms with Gasteiger partial charge in [-0.15, -0.1) is 0 Å². The molecule has 0 saturated heterocycles. The lowest BCUT2D eigenvalue weighted by atomic mass is 9.94. The average molecular weight is 657 g/mol. The van der Waals surface area contributed by atoms with E-state index in [1.807, 2.05) is 0 Å². The van der Waals surface area contributed by atoms with Crippen LogP contribution < -0.4 is 10.1 Å². The molecule has 0 fully saturated rings. The van der Waals surface area contributed by atoms with Gasteiger partial charge in [0.15, 0.2) is 12.4 Å². The van der Waals surface area contributed by atoms with Crippen LogP contribution in [0.15, 0.2) is 59.1 Å². The molecule has 0 bridgehead atoms. The van der Waals surface area contributed by atoms with Crippen LogP contribution in [-0.2, 0) is 15.8 Å². The van der Waals surface area contributed by atoms with E-state index in [-0.39, 0.29) is 37.1 Å². The molecule has 0 atom stereocenters. The molecule has 0 aliphatic heterocycles. The topological polar surface area (TPSA) is 92.7 Å². The van der Waals surface area contributed by atoms with Crippen molar-refractivity contribution in [2.24, 2.45) is 5.41 Å². The van der Waals surface area contributed by atoms with Crippen LogP contribution in [-0.4, -0.2) is 29.4 Å². The molecule has 3 aromatic rings. The van der Waals surface area contributed by atoms with Crippen LogP contribution in [0.5, 0.6) is 5.75 Å². The maximum atomic E-state index is 13.3. The van der Waals surface area contributed by atoms with E-state index < -0.39 is 41.4 Å². The molecule has 0 aromatic heterocycles. The number of ether oxygens (including phenoxy) is 1. The Bertz CT molecular complexity index is 1560. The van der Waals surface area contributed by atoms with E-state index >= 15 is 0 Å². The zero-order chi connectivity index (χ0) is 29.8. The number of rotatable bonds is 7. The molecule has 3 rings (SSSR count). The lowest BCUT2D eigenvalue weighted by Gasteiger charge is -2.14. The number of halogens is 6. The zero-order valence-electron chi connectivity index (χ0n) is 20.8. The van der Waals surface area contributed by atoms with Crippen LogP contribution in [0.3, 0.4) is 0 Å². The number of carboxylic acid groups (broad SMARTS) is 1. The van der Waals surface area contributed by atoms with Crippen LogP contribution in [0.4, 0.5) is 18.9 Å². The van der Waals surface area contributed by atoms with Crippen molar-refractivity contribution in [2.75, 3.05) is 11.9 Å². The predicted molar refractivity (Wildman–Crippen MR) is 148 cm³/mol. The number of hydrogen-bond acceptors (Lipinski definition) is 4. The number of carbonyl (C=O) groups excluding carboxylic acids is 2. The highest BCUT2D eigenvalue weighted by atomic mass is 79.9. The highest BCUT2D eigenvalue weighted by Gasteiger charge is 2.32. The Balaban J connectivity index is 1.76. The maximum absolute atomic E-state index is 13.3. The summed E-state index contributed by atoms with van der Waals surface area (Å²) in [7, 11) is 0. The van der Waals surface area contributed by atoms with E-state index in [0.29, 0.717) is 11.6 Å². The van der Waals surface area contributed by atoms with Crippen molar-refractivity contribution < 1.29 is 37.4 Å². The largest absolute Gasteiger partial charge is 0.483 e. The lowest BCUT2D eigenvalue weighted by Crippen LogP contribution is -2.21. The third-order valence-corrected chi connectivity index (χ3v) is 6.34. The minimum Gasteiger partial charge on any atom is -0.483 e. The molecule has 0 aliphatic rings. The van der Waals surface area contributed by atoms with Crippen LogP contribution in [0, 0.1) is 17.3 Å². The van der Waals surface area contributed by atoms with Gasteiger partial charge in [-0.25, -0.2) is 0 Å². The SMILES string of the molecule is CC(C)(C#Cc1ccc(NC(=O)COc2ccc(Cl)cc2C(=O)c2cc(Br)cc(C(F)(F)F)c2)c(Cl)c1)C(=O)O. The summed E-state index contributed by atoms with van der Waals surface area (Å²) >= 11 is 15.2. The highest BCUT2D eigenvalue weighted by molar-refractivity contribution is 9.10. The molecular formula is C28H19BrCl2F3NO5. The highest BCUT2D eigenvalue weighted by Crippen LogP contribution is 2.34. The van der Waals surface area contributed by atoms with E-state index in [1.165, 1.54) is 56.3 Å². The van der Waals surface area contributed by atoms with Gasteiger partial charge in [-0.1, -0.05) is 51.0 Å². The Labute approximate surface area is 245 Å². The predicted octanol–water partition coefficient (Wildman–Crippen LogP) is 7.49. The van der Waals surface area contributed by atoms with Gasteiger partial charge < -0.3 is 15.2 Å². The van der Waals surface area contributed by atoms with Crippen molar-refractivity contribution in [1.29, 1.82) is 0 Å². The fourth-order valence-corrected chi connectivity index (χ4v) is 4.04. The van der Waals surface area contributed by atoms with Gasteiger partial charge in [0.1, 0.15) is 11.2 Å². The van der Waals surface area contributed by atoms with Gasteiger partial charge in [-0.3, -0.25) is 14.4 Å². The summed E-state index contributed by atoms with van der Waals surface area (Å²) in [6.07, 6.45) is -4.67. The molecule has 2 N–H and O–H groups in total. The summed E-state index contributed by atoms with van der Waals surface area (Å²) in [5, 5.41) is 12.0. The molecule has 0 saturated carbocycles. The molecule has 3 aromatic carbocycles. The first kappa shape index (κ1) is 31.0. The summed E-state index contributed by atoms with van der Waals surface area (Å²) in [5.41, 5.74) is -2.04. The van der Waals surface area contributed by atoms with Crippen molar-refractivity contribution in [3.8, 4) is 17.6 Å². The third kappa shape index (κ3) is 8.01. The Morgan fingerprint density at radius 1 is 1.02 bits per heavy atom. The summed E-state index contributed by atoms with van der Waals surface area (Å²) in [6.45, 7) is 2.34. The van der Waals surface area contributed by atoms with Gasteiger partial charge in [-0.2, -0.15) is 13.2 Å². The Hall–Kier alpha value is -3.52. The third-order valence-electron chi connectivity index (χ3n) is 5.33. The number of nitrogens with one attached hydrogen (secondary N) is 1. The number of ketones is 1. The first-order chi connectivity index (χ1) is 18.6.